The average Bonchev–Trinajstić information content (AvgIpc) is 2.74. The Bertz CT molecular complexity index is 649. The molecule has 0 saturated carbocycles. The van der Waals surface area contributed by atoms with Crippen LogP contribution in [-0.2, 0) is 0 Å². The molecule has 4 nitrogen and oxygen atoms in total. The highest BCUT2D eigenvalue weighted by molar-refractivity contribution is 7.21. The minimum atomic E-state index is -0.157. The molecule has 20 heavy (non-hydrogen) atoms. The number of aliphatic hydroxyl groups excluding tert-OH is 1. The van der Waals surface area contributed by atoms with Gasteiger partial charge in [-0.15, -0.1) is 17.9 Å². The molecular formula is C15H18N2O2S. The molecule has 1 heterocycles. The number of nitrogens with two attached hydrogens (primary N) is 1. The molecule has 0 unspecified atom stereocenters. The summed E-state index contributed by atoms with van der Waals surface area (Å²) in [5, 5.41) is 9.96. The number of carbonyl (C=O) groups is 1. The van der Waals surface area contributed by atoms with E-state index in [9.17, 15) is 4.79 Å². The lowest BCUT2D eigenvalue weighted by molar-refractivity contribution is 0.0748. The number of anilines is 1. The monoisotopic (exact) mass is 290 g/mol. The number of aryl methyl sites for hydroxylation is 1. The van der Waals surface area contributed by atoms with E-state index in [0.717, 1.165) is 15.6 Å². The Kier molecular flexibility index (Phi) is 4.42. The van der Waals surface area contributed by atoms with E-state index in [1.807, 2.05) is 25.1 Å². The third kappa shape index (κ3) is 2.69. The van der Waals surface area contributed by atoms with Gasteiger partial charge in [0.25, 0.3) is 5.91 Å². The molecule has 0 fully saturated rings. The molecule has 1 amide bonds. The Balaban J connectivity index is 2.43. The summed E-state index contributed by atoms with van der Waals surface area (Å²) in [7, 11) is 0. The first-order valence-corrected chi connectivity index (χ1v) is 7.19. The molecule has 3 N–H and O–H groups in total. The molecule has 2 aromatic rings. The maximum Gasteiger partial charge on any atom is 0.266 e. The van der Waals surface area contributed by atoms with Gasteiger partial charge >= 0.3 is 0 Å². The van der Waals surface area contributed by atoms with Crippen LogP contribution in [0.25, 0.3) is 10.1 Å². The van der Waals surface area contributed by atoms with Gasteiger partial charge in [-0.2, -0.15) is 0 Å². The summed E-state index contributed by atoms with van der Waals surface area (Å²) in [6.07, 6.45) is 1.64. The number of hydrogen-bond donors (Lipinski definition) is 2. The zero-order valence-electron chi connectivity index (χ0n) is 11.4. The molecule has 5 heteroatoms. The molecule has 1 aromatic carbocycles. The van der Waals surface area contributed by atoms with E-state index in [1.54, 1.807) is 11.0 Å². The van der Waals surface area contributed by atoms with Crippen molar-refractivity contribution in [3.8, 4) is 0 Å². The smallest absolute Gasteiger partial charge is 0.266 e. The van der Waals surface area contributed by atoms with Gasteiger partial charge in [-0.3, -0.25) is 4.79 Å². The van der Waals surface area contributed by atoms with Crippen molar-refractivity contribution in [2.45, 2.75) is 6.92 Å². The number of nitrogen functional groups attached to an aromatic ring is 1. The van der Waals surface area contributed by atoms with Crippen molar-refractivity contribution in [3.05, 3.63) is 41.3 Å². The standard InChI is InChI=1S/C15H18N2O2S/c1-3-6-17(7-8-18)15(19)14-13(16)11-5-4-10(2)9-12(11)20-14/h3-5,9,18H,1,6-8,16H2,2H3. The van der Waals surface area contributed by atoms with E-state index >= 15 is 0 Å². The summed E-state index contributed by atoms with van der Waals surface area (Å²) < 4.78 is 1.01. The van der Waals surface area contributed by atoms with E-state index in [1.165, 1.54) is 11.3 Å². The fraction of sp³-hybridized carbons (Fsp3) is 0.267. The first-order valence-electron chi connectivity index (χ1n) is 6.38. The van der Waals surface area contributed by atoms with Gasteiger partial charge in [-0.25, -0.2) is 0 Å². The minimum Gasteiger partial charge on any atom is -0.397 e. The Morgan fingerprint density at radius 2 is 2.30 bits per heavy atom. The minimum absolute atomic E-state index is 0.0799. The normalized spacial score (nSPS) is 10.7. The summed E-state index contributed by atoms with van der Waals surface area (Å²) in [6, 6.07) is 5.95. The quantitative estimate of drug-likeness (QED) is 0.831. The number of fused-ring (bicyclic) bond motifs is 1. The molecule has 0 aliphatic heterocycles. The van der Waals surface area contributed by atoms with Crippen LogP contribution in [0.4, 0.5) is 5.69 Å². The van der Waals surface area contributed by atoms with Crippen LogP contribution >= 0.6 is 11.3 Å². The number of benzene rings is 1. The van der Waals surface area contributed by atoms with Crippen molar-refractivity contribution >= 4 is 33.0 Å². The summed E-state index contributed by atoms with van der Waals surface area (Å²) in [6.45, 7) is 6.23. The van der Waals surface area contributed by atoms with Crippen LogP contribution in [0.2, 0.25) is 0 Å². The number of thiophene rings is 1. The molecule has 0 saturated heterocycles. The Labute approximate surface area is 122 Å². The van der Waals surface area contributed by atoms with Gasteiger partial charge in [0.2, 0.25) is 0 Å². The Hall–Kier alpha value is -1.85. The Morgan fingerprint density at radius 1 is 1.55 bits per heavy atom. The molecule has 0 bridgehead atoms. The van der Waals surface area contributed by atoms with Crippen molar-refractivity contribution < 1.29 is 9.90 Å². The molecule has 0 atom stereocenters. The molecule has 0 spiro atoms. The fourth-order valence-corrected chi connectivity index (χ4v) is 3.27. The van der Waals surface area contributed by atoms with E-state index in [2.05, 4.69) is 6.58 Å². The van der Waals surface area contributed by atoms with E-state index in [0.29, 0.717) is 17.1 Å². The highest BCUT2D eigenvalue weighted by atomic mass is 32.1. The largest absolute Gasteiger partial charge is 0.397 e. The van der Waals surface area contributed by atoms with Gasteiger partial charge in [-0.1, -0.05) is 18.2 Å². The number of hydrogen-bond acceptors (Lipinski definition) is 4. The average molecular weight is 290 g/mol. The fourth-order valence-electron chi connectivity index (χ4n) is 2.08. The number of aliphatic hydroxyl groups is 1. The van der Waals surface area contributed by atoms with Crippen LogP contribution in [-0.4, -0.2) is 35.6 Å². The lowest BCUT2D eigenvalue weighted by Gasteiger charge is -2.19. The predicted molar refractivity (Wildman–Crippen MR) is 84.2 cm³/mol. The van der Waals surface area contributed by atoms with E-state index in [4.69, 9.17) is 10.8 Å². The van der Waals surface area contributed by atoms with Crippen LogP contribution in [0.15, 0.2) is 30.9 Å². The van der Waals surface area contributed by atoms with Crippen molar-refractivity contribution in [1.82, 2.24) is 4.90 Å². The third-order valence-electron chi connectivity index (χ3n) is 3.08. The van der Waals surface area contributed by atoms with Gasteiger partial charge in [-0.05, 0) is 18.6 Å². The second-order valence-corrected chi connectivity index (χ2v) is 5.66. The molecule has 1 aromatic heterocycles. The van der Waals surface area contributed by atoms with Crippen LogP contribution in [0.1, 0.15) is 15.2 Å². The molecule has 0 radical (unpaired) electrons. The zero-order chi connectivity index (χ0) is 14.7. The number of carbonyl (C=O) groups excluding carboxylic acids is 1. The predicted octanol–water partition coefficient (Wildman–Crippen LogP) is 2.41. The van der Waals surface area contributed by atoms with Crippen molar-refractivity contribution in [3.63, 3.8) is 0 Å². The summed E-state index contributed by atoms with van der Waals surface area (Å²) in [5.74, 6) is -0.157. The second-order valence-electron chi connectivity index (χ2n) is 4.61. The molecule has 106 valence electrons. The number of rotatable bonds is 5. The van der Waals surface area contributed by atoms with Gasteiger partial charge in [0.05, 0.1) is 12.3 Å². The molecule has 0 aliphatic rings. The number of amides is 1. The lowest BCUT2D eigenvalue weighted by Crippen LogP contribution is -2.33. The van der Waals surface area contributed by atoms with Crippen molar-refractivity contribution in [1.29, 1.82) is 0 Å². The second kappa shape index (κ2) is 6.07. The van der Waals surface area contributed by atoms with E-state index < -0.39 is 0 Å². The molecular weight excluding hydrogens is 272 g/mol. The highest BCUT2D eigenvalue weighted by Gasteiger charge is 2.21. The van der Waals surface area contributed by atoms with Gasteiger partial charge < -0.3 is 15.7 Å². The van der Waals surface area contributed by atoms with Crippen molar-refractivity contribution in [2.75, 3.05) is 25.4 Å². The molecule has 2 rings (SSSR count). The lowest BCUT2D eigenvalue weighted by atomic mass is 10.1. The zero-order valence-corrected chi connectivity index (χ0v) is 12.2. The van der Waals surface area contributed by atoms with E-state index in [-0.39, 0.29) is 19.1 Å². The Morgan fingerprint density at radius 3 is 2.95 bits per heavy atom. The molecule has 0 aliphatic carbocycles. The van der Waals surface area contributed by atoms with Gasteiger partial charge in [0.1, 0.15) is 4.88 Å². The van der Waals surface area contributed by atoms with Crippen LogP contribution in [0.5, 0.6) is 0 Å². The van der Waals surface area contributed by atoms with Gasteiger partial charge in [0, 0.05) is 23.2 Å². The highest BCUT2D eigenvalue weighted by Crippen LogP contribution is 2.34. The summed E-state index contributed by atoms with van der Waals surface area (Å²) >= 11 is 1.39. The van der Waals surface area contributed by atoms with Crippen LogP contribution < -0.4 is 5.73 Å². The maximum absolute atomic E-state index is 12.5. The van der Waals surface area contributed by atoms with Gasteiger partial charge in [0.15, 0.2) is 0 Å². The SMILES string of the molecule is C=CCN(CCO)C(=O)c1sc2cc(C)ccc2c1N. The summed E-state index contributed by atoms with van der Waals surface area (Å²) in [5.41, 5.74) is 7.75. The maximum atomic E-state index is 12.5. The first kappa shape index (κ1) is 14.6. The summed E-state index contributed by atoms with van der Waals surface area (Å²) in [4.78, 5) is 14.6. The topological polar surface area (TPSA) is 66.6 Å². The van der Waals surface area contributed by atoms with Crippen molar-refractivity contribution in [2.24, 2.45) is 0 Å². The van der Waals surface area contributed by atoms with Crippen LogP contribution in [0, 0.1) is 6.92 Å². The first-order chi connectivity index (χ1) is 9.58. The van der Waals surface area contributed by atoms with Crippen LogP contribution in [0.3, 0.4) is 0 Å². The third-order valence-corrected chi connectivity index (χ3v) is 4.24. The number of nitrogens with zero attached hydrogens (tertiary/aromatic N) is 1.